The predicted octanol–water partition coefficient (Wildman–Crippen LogP) is 5.27. The summed E-state index contributed by atoms with van der Waals surface area (Å²) >= 11 is 3.47. The summed E-state index contributed by atoms with van der Waals surface area (Å²) in [5.74, 6) is -2.61. The number of piperidine rings is 1. The fraction of sp³-hybridized carbons (Fsp3) is 0.222. The van der Waals surface area contributed by atoms with Gasteiger partial charge < -0.3 is 14.7 Å². The molecule has 0 atom stereocenters. The Balaban J connectivity index is 1.35. The standard InChI is InChI=1S/C27H25BrN2O6/c28-21-10-6-7-19(17-21)18-29-15-13-22(14-16-29)35-25(31)26(32)36-30(27(33)34)24-12-5-4-11-23(24)20-8-2-1-3-9-20/h1-12,17,22H,13-16,18H2,(H,33,34). The van der Waals surface area contributed by atoms with Gasteiger partial charge in [0.1, 0.15) is 6.10 Å². The van der Waals surface area contributed by atoms with Crippen LogP contribution in [0, 0.1) is 0 Å². The van der Waals surface area contributed by atoms with Crippen molar-refractivity contribution in [2.24, 2.45) is 0 Å². The van der Waals surface area contributed by atoms with Gasteiger partial charge in [-0.2, -0.15) is 0 Å². The topological polar surface area (TPSA) is 96.4 Å². The van der Waals surface area contributed by atoms with Gasteiger partial charge in [0.15, 0.2) is 0 Å². The van der Waals surface area contributed by atoms with Gasteiger partial charge >= 0.3 is 18.0 Å². The second-order valence-corrected chi connectivity index (χ2v) is 9.27. The third-order valence-electron chi connectivity index (χ3n) is 5.83. The van der Waals surface area contributed by atoms with Gasteiger partial charge in [-0.3, -0.25) is 4.90 Å². The third-order valence-corrected chi connectivity index (χ3v) is 6.32. The zero-order valence-corrected chi connectivity index (χ0v) is 21.0. The van der Waals surface area contributed by atoms with E-state index in [1.807, 2.05) is 30.3 Å². The third kappa shape index (κ3) is 6.50. The molecule has 1 aliphatic heterocycles. The van der Waals surface area contributed by atoms with Gasteiger partial charge in [0, 0.05) is 29.7 Å². The summed E-state index contributed by atoms with van der Waals surface area (Å²) in [6.45, 7) is 2.17. The zero-order chi connectivity index (χ0) is 25.5. The van der Waals surface area contributed by atoms with Crippen molar-refractivity contribution in [3.05, 3.63) is 88.9 Å². The molecule has 8 nitrogen and oxygen atoms in total. The van der Waals surface area contributed by atoms with E-state index in [0.29, 0.717) is 36.6 Å². The summed E-state index contributed by atoms with van der Waals surface area (Å²) < 4.78 is 6.35. The Morgan fingerprint density at radius 1 is 0.917 bits per heavy atom. The number of rotatable bonds is 5. The number of esters is 1. The molecule has 9 heteroatoms. The number of carbonyl (C=O) groups is 3. The molecule has 4 rings (SSSR count). The first-order chi connectivity index (χ1) is 17.4. The maximum absolute atomic E-state index is 12.5. The number of likely N-dealkylation sites (tertiary alicyclic amines) is 1. The average molecular weight is 553 g/mol. The number of hydroxylamine groups is 1. The number of anilines is 1. The molecular formula is C27H25BrN2O6. The average Bonchev–Trinajstić information content (AvgIpc) is 2.88. The summed E-state index contributed by atoms with van der Waals surface area (Å²) in [6.07, 6.45) is -0.863. The lowest BCUT2D eigenvalue weighted by Crippen LogP contribution is -2.40. The lowest BCUT2D eigenvalue weighted by molar-refractivity contribution is -0.172. The van der Waals surface area contributed by atoms with Crippen molar-refractivity contribution in [1.29, 1.82) is 0 Å². The smallest absolute Gasteiger partial charge is 0.445 e. The largest absolute Gasteiger partial charge is 0.463 e. The Hall–Kier alpha value is -3.69. The molecule has 1 aliphatic rings. The number of hydrogen-bond acceptors (Lipinski definition) is 6. The van der Waals surface area contributed by atoms with E-state index in [4.69, 9.17) is 9.57 Å². The molecule has 1 saturated heterocycles. The Morgan fingerprint density at radius 2 is 1.61 bits per heavy atom. The molecule has 1 amide bonds. The first-order valence-electron chi connectivity index (χ1n) is 11.5. The second-order valence-electron chi connectivity index (χ2n) is 8.35. The number of para-hydroxylation sites is 1. The van der Waals surface area contributed by atoms with Crippen LogP contribution in [-0.4, -0.2) is 47.2 Å². The lowest BCUT2D eigenvalue weighted by atomic mass is 10.0. The normalized spacial score (nSPS) is 14.1. The number of benzene rings is 3. The van der Waals surface area contributed by atoms with Gasteiger partial charge in [-0.25, -0.2) is 14.4 Å². The van der Waals surface area contributed by atoms with Crippen LogP contribution in [0.15, 0.2) is 83.3 Å². The number of nitrogens with zero attached hydrogens (tertiary/aromatic N) is 2. The molecule has 0 bridgehead atoms. The Kier molecular flexibility index (Phi) is 8.35. The van der Waals surface area contributed by atoms with E-state index in [2.05, 4.69) is 33.0 Å². The Morgan fingerprint density at radius 3 is 2.31 bits per heavy atom. The van der Waals surface area contributed by atoms with Gasteiger partial charge in [0.2, 0.25) is 0 Å². The highest BCUT2D eigenvalue weighted by Crippen LogP contribution is 2.31. The van der Waals surface area contributed by atoms with Crippen LogP contribution < -0.4 is 5.06 Å². The van der Waals surface area contributed by atoms with Crippen molar-refractivity contribution in [3.63, 3.8) is 0 Å². The van der Waals surface area contributed by atoms with E-state index in [1.54, 1.807) is 30.3 Å². The molecule has 186 valence electrons. The van der Waals surface area contributed by atoms with Gasteiger partial charge in [-0.05, 0) is 42.2 Å². The second kappa shape index (κ2) is 11.8. The number of amides is 1. The van der Waals surface area contributed by atoms with E-state index in [1.165, 1.54) is 11.6 Å². The van der Waals surface area contributed by atoms with Gasteiger partial charge in [-0.1, -0.05) is 76.6 Å². The van der Waals surface area contributed by atoms with Crippen LogP contribution >= 0.6 is 15.9 Å². The molecule has 0 radical (unpaired) electrons. The Labute approximate surface area is 217 Å². The van der Waals surface area contributed by atoms with E-state index in [9.17, 15) is 19.5 Å². The predicted molar refractivity (Wildman–Crippen MR) is 137 cm³/mol. The quantitative estimate of drug-likeness (QED) is 0.261. The highest BCUT2D eigenvalue weighted by molar-refractivity contribution is 9.10. The molecule has 1 heterocycles. The Bertz CT molecular complexity index is 1230. The number of hydrogen-bond donors (Lipinski definition) is 1. The van der Waals surface area contributed by atoms with Crippen molar-refractivity contribution < 1.29 is 29.1 Å². The summed E-state index contributed by atoms with van der Waals surface area (Å²) in [7, 11) is 0. The fourth-order valence-electron chi connectivity index (χ4n) is 4.10. The van der Waals surface area contributed by atoms with Crippen molar-refractivity contribution >= 4 is 39.6 Å². The van der Waals surface area contributed by atoms with Gasteiger partial charge in [-0.15, -0.1) is 5.06 Å². The molecule has 1 N–H and O–H groups in total. The maximum atomic E-state index is 12.5. The van der Waals surface area contributed by atoms with E-state index in [0.717, 1.165) is 16.6 Å². The molecule has 3 aromatic carbocycles. The minimum Gasteiger partial charge on any atom is -0.463 e. The van der Waals surface area contributed by atoms with Crippen LogP contribution in [0.1, 0.15) is 18.4 Å². The number of carboxylic acid groups (broad SMARTS) is 1. The van der Waals surface area contributed by atoms with Crippen molar-refractivity contribution in [2.75, 3.05) is 18.2 Å². The fourth-order valence-corrected chi connectivity index (χ4v) is 4.55. The van der Waals surface area contributed by atoms with Crippen LogP contribution in [-0.2, 0) is 25.7 Å². The van der Waals surface area contributed by atoms with Crippen LogP contribution in [0.5, 0.6) is 0 Å². The minimum absolute atomic E-state index is 0.109. The highest BCUT2D eigenvalue weighted by atomic mass is 79.9. The zero-order valence-electron chi connectivity index (χ0n) is 19.4. The number of ether oxygens (including phenoxy) is 1. The van der Waals surface area contributed by atoms with Crippen LogP contribution in [0.25, 0.3) is 11.1 Å². The van der Waals surface area contributed by atoms with Crippen molar-refractivity contribution in [3.8, 4) is 11.1 Å². The van der Waals surface area contributed by atoms with Crippen molar-refractivity contribution in [1.82, 2.24) is 4.90 Å². The molecule has 36 heavy (non-hydrogen) atoms. The summed E-state index contributed by atoms with van der Waals surface area (Å²) in [4.78, 5) is 44.1. The molecule has 0 aliphatic carbocycles. The minimum atomic E-state index is -1.54. The van der Waals surface area contributed by atoms with Gasteiger partial charge in [0.25, 0.3) is 0 Å². The first-order valence-corrected chi connectivity index (χ1v) is 12.3. The van der Waals surface area contributed by atoms with Crippen molar-refractivity contribution in [2.45, 2.75) is 25.5 Å². The molecule has 0 spiro atoms. The van der Waals surface area contributed by atoms with Crippen LogP contribution in [0.4, 0.5) is 10.5 Å². The summed E-state index contributed by atoms with van der Waals surface area (Å²) in [5, 5.41) is 10.1. The SMILES string of the molecule is O=C(OC1CCN(Cc2cccc(Br)c2)CC1)C(=O)ON(C(=O)O)c1ccccc1-c1ccccc1. The molecule has 0 saturated carbocycles. The molecule has 0 unspecified atom stereocenters. The number of carbonyl (C=O) groups excluding carboxylic acids is 2. The van der Waals surface area contributed by atoms with Crippen LogP contribution in [0.2, 0.25) is 0 Å². The molecule has 0 aromatic heterocycles. The lowest BCUT2D eigenvalue weighted by Gasteiger charge is -2.31. The van der Waals surface area contributed by atoms with E-state index in [-0.39, 0.29) is 5.69 Å². The van der Waals surface area contributed by atoms with E-state index < -0.39 is 24.1 Å². The maximum Gasteiger partial charge on any atom is 0.445 e. The van der Waals surface area contributed by atoms with E-state index >= 15 is 0 Å². The summed E-state index contributed by atoms with van der Waals surface area (Å²) in [6, 6.07) is 23.7. The first kappa shape index (κ1) is 25.4. The van der Waals surface area contributed by atoms with Crippen LogP contribution in [0.3, 0.4) is 0 Å². The highest BCUT2D eigenvalue weighted by Gasteiger charge is 2.31. The van der Waals surface area contributed by atoms with Gasteiger partial charge in [0.05, 0.1) is 5.69 Å². The molecular weight excluding hydrogens is 528 g/mol. The summed E-state index contributed by atoms with van der Waals surface area (Å²) in [5.41, 5.74) is 2.54. The monoisotopic (exact) mass is 552 g/mol. The molecule has 3 aromatic rings. The number of halogens is 1. The molecule has 1 fully saturated rings.